The molecule has 1 aliphatic rings. The molecule has 0 saturated carbocycles. The number of likely N-dealkylation sites (N-methyl/N-ethyl adjacent to an activating group) is 1. The Hall–Kier alpha value is -3.91. The summed E-state index contributed by atoms with van der Waals surface area (Å²) in [4.78, 5) is 28.8. The zero-order valence-electron chi connectivity index (χ0n) is 17.3. The highest BCUT2D eigenvalue weighted by Gasteiger charge is 2.35. The number of ether oxygens (including phenoxy) is 1. The summed E-state index contributed by atoms with van der Waals surface area (Å²) in [6, 6.07) is 22.5. The predicted molar refractivity (Wildman–Crippen MR) is 123 cm³/mol. The molecule has 7 nitrogen and oxygen atoms in total. The Morgan fingerprint density at radius 3 is 2.59 bits per heavy atom. The Bertz CT molecular complexity index is 1270. The van der Waals surface area contributed by atoms with Gasteiger partial charge >= 0.3 is 0 Å². The van der Waals surface area contributed by atoms with Crippen LogP contribution >= 0.6 is 11.3 Å². The van der Waals surface area contributed by atoms with Crippen molar-refractivity contribution >= 4 is 28.8 Å². The summed E-state index contributed by atoms with van der Waals surface area (Å²) in [7, 11) is 1.55. The van der Waals surface area contributed by atoms with Crippen LogP contribution in [0.5, 0.6) is 5.75 Å². The van der Waals surface area contributed by atoms with Gasteiger partial charge in [0.25, 0.3) is 11.8 Å². The first-order valence-corrected chi connectivity index (χ1v) is 11.0. The molecule has 0 unspecified atom stereocenters. The van der Waals surface area contributed by atoms with Crippen LogP contribution in [0.25, 0.3) is 16.3 Å². The van der Waals surface area contributed by atoms with E-state index in [9.17, 15) is 9.59 Å². The minimum absolute atomic E-state index is 0.101. The number of benzene rings is 2. The Balaban J connectivity index is 1.61. The van der Waals surface area contributed by atoms with Gasteiger partial charge in [-0.2, -0.15) is 5.10 Å². The number of anilines is 1. The Kier molecular flexibility index (Phi) is 5.20. The van der Waals surface area contributed by atoms with Crippen LogP contribution in [0.4, 0.5) is 5.69 Å². The third-order valence-electron chi connectivity index (χ3n) is 5.26. The Morgan fingerprint density at radius 1 is 1.06 bits per heavy atom. The van der Waals surface area contributed by atoms with Crippen molar-refractivity contribution < 1.29 is 14.3 Å². The number of thiophene rings is 1. The Morgan fingerprint density at radius 2 is 1.84 bits per heavy atom. The van der Waals surface area contributed by atoms with E-state index in [1.165, 1.54) is 0 Å². The number of hydrogen-bond acceptors (Lipinski definition) is 5. The van der Waals surface area contributed by atoms with Gasteiger partial charge in [-0.3, -0.25) is 14.5 Å². The molecule has 1 N–H and O–H groups in total. The minimum Gasteiger partial charge on any atom is -0.477 e. The molecule has 0 aliphatic carbocycles. The van der Waals surface area contributed by atoms with Crippen LogP contribution in [-0.4, -0.2) is 41.3 Å². The molecule has 0 radical (unpaired) electrons. The van der Waals surface area contributed by atoms with Crippen LogP contribution in [0.3, 0.4) is 0 Å². The highest BCUT2D eigenvalue weighted by atomic mass is 32.1. The molecule has 4 aromatic rings. The molecule has 2 amide bonds. The highest BCUT2D eigenvalue weighted by molar-refractivity contribution is 7.13. The monoisotopic (exact) mass is 444 g/mol. The van der Waals surface area contributed by atoms with E-state index in [4.69, 9.17) is 9.84 Å². The van der Waals surface area contributed by atoms with Crippen molar-refractivity contribution in [1.82, 2.24) is 15.1 Å². The SMILES string of the molecule is CNC(=O)[C@@H]1CN(C(=O)c2cc(-c3cccs3)nn2-c2ccccc2)c2ccccc2O1. The van der Waals surface area contributed by atoms with E-state index in [-0.39, 0.29) is 18.4 Å². The molecule has 2 aromatic heterocycles. The number of para-hydroxylation sites is 3. The summed E-state index contributed by atoms with van der Waals surface area (Å²) >= 11 is 1.56. The lowest BCUT2D eigenvalue weighted by Crippen LogP contribution is -2.50. The van der Waals surface area contributed by atoms with Crippen LogP contribution in [0.2, 0.25) is 0 Å². The van der Waals surface area contributed by atoms with E-state index in [0.717, 1.165) is 16.3 Å². The summed E-state index contributed by atoms with van der Waals surface area (Å²) < 4.78 is 7.51. The van der Waals surface area contributed by atoms with Gasteiger partial charge in [0.2, 0.25) is 0 Å². The quantitative estimate of drug-likeness (QED) is 0.520. The minimum atomic E-state index is -0.802. The molecule has 8 heteroatoms. The third kappa shape index (κ3) is 3.54. The topological polar surface area (TPSA) is 76.5 Å². The summed E-state index contributed by atoms with van der Waals surface area (Å²) in [5, 5.41) is 9.32. The molecule has 3 heterocycles. The van der Waals surface area contributed by atoms with E-state index < -0.39 is 6.10 Å². The fourth-order valence-electron chi connectivity index (χ4n) is 3.71. The molecule has 0 spiro atoms. The number of aromatic nitrogens is 2. The Labute approximate surface area is 188 Å². The van der Waals surface area contributed by atoms with Gasteiger partial charge in [0.05, 0.1) is 22.8 Å². The van der Waals surface area contributed by atoms with Gasteiger partial charge in [0.1, 0.15) is 17.1 Å². The second-order valence-electron chi connectivity index (χ2n) is 7.24. The maximum Gasteiger partial charge on any atom is 0.277 e. The number of rotatable bonds is 4. The van der Waals surface area contributed by atoms with Crippen LogP contribution in [-0.2, 0) is 4.79 Å². The smallest absolute Gasteiger partial charge is 0.277 e. The lowest BCUT2D eigenvalue weighted by atomic mass is 10.1. The second kappa shape index (κ2) is 8.32. The molecular weight excluding hydrogens is 424 g/mol. The van der Waals surface area contributed by atoms with Crippen LogP contribution < -0.4 is 15.0 Å². The molecule has 1 aliphatic heterocycles. The zero-order valence-corrected chi connectivity index (χ0v) is 18.1. The molecule has 160 valence electrons. The van der Waals surface area contributed by atoms with Crippen molar-refractivity contribution in [2.24, 2.45) is 0 Å². The maximum absolute atomic E-state index is 13.9. The molecule has 0 bridgehead atoms. The van der Waals surface area contributed by atoms with E-state index in [0.29, 0.717) is 17.1 Å². The van der Waals surface area contributed by atoms with Gasteiger partial charge in [0.15, 0.2) is 6.10 Å². The van der Waals surface area contributed by atoms with Gasteiger partial charge in [-0.25, -0.2) is 4.68 Å². The van der Waals surface area contributed by atoms with Crippen LogP contribution in [0.15, 0.2) is 78.2 Å². The van der Waals surface area contributed by atoms with E-state index in [1.54, 1.807) is 40.1 Å². The largest absolute Gasteiger partial charge is 0.477 e. The number of nitrogens with zero attached hydrogens (tertiary/aromatic N) is 3. The predicted octanol–water partition coefficient (Wildman–Crippen LogP) is 3.75. The number of fused-ring (bicyclic) bond motifs is 1. The molecule has 1 atom stereocenters. The first kappa shape index (κ1) is 20.0. The van der Waals surface area contributed by atoms with Crippen molar-refractivity contribution in [2.45, 2.75) is 6.10 Å². The first-order valence-electron chi connectivity index (χ1n) is 10.1. The second-order valence-corrected chi connectivity index (χ2v) is 8.19. The van der Waals surface area contributed by atoms with Gasteiger partial charge in [0, 0.05) is 7.05 Å². The number of nitrogens with one attached hydrogen (secondary N) is 1. The molecule has 32 heavy (non-hydrogen) atoms. The van der Waals surface area contributed by atoms with Gasteiger partial charge < -0.3 is 10.1 Å². The van der Waals surface area contributed by atoms with Crippen molar-refractivity contribution in [3.63, 3.8) is 0 Å². The number of amides is 2. The molecule has 2 aromatic carbocycles. The highest BCUT2D eigenvalue weighted by Crippen LogP contribution is 2.35. The van der Waals surface area contributed by atoms with Crippen LogP contribution in [0, 0.1) is 0 Å². The van der Waals surface area contributed by atoms with E-state index >= 15 is 0 Å². The maximum atomic E-state index is 13.9. The van der Waals surface area contributed by atoms with Crippen LogP contribution in [0.1, 0.15) is 10.5 Å². The number of hydrogen-bond donors (Lipinski definition) is 1. The fourth-order valence-corrected chi connectivity index (χ4v) is 4.39. The summed E-state index contributed by atoms with van der Waals surface area (Å²) in [5.74, 6) is -0.0492. The van der Waals surface area contributed by atoms with Gasteiger partial charge in [-0.15, -0.1) is 11.3 Å². The summed E-state index contributed by atoms with van der Waals surface area (Å²) in [6.07, 6.45) is -0.802. The van der Waals surface area contributed by atoms with Gasteiger partial charge in [-0.1, -0.05) is 36.4 Å². The number of carbonyl (C=O) groups is 2. The average Bonchev–Trinajstić information content (AvgIpc) is 3.53. The van der Waals surface area contributed by atoms with Crippen molar-refractivity contribution in [3.05, 3.63) is 83.9 Å². The number of carbonyl (C=O) groups excluding carboxylic acids is 2. The fraction of sp³-hybridized carbons (Fsp3) is 0.125. The van der Waals surface area contributed by atoms with E-state index in [1.807, 2.05) is 66.0 Å². The lowest BCUT2D eigenvalue weighted by molar-refractivity contribution is -0.127. The standard InChI is InChI=1S/C24H20N4O3S/c1-25-23(29)21-15-27(18-10-5-6-11-20(18)31-21)24(30)19-14-17(22-12-7-13-32-22)26-28(19)16-8-3-2-4-9-16/h2-14,21H,15H2,1H3,(H,25,29)/t21-/m0/s1. The summed E-state index contributed by atoms with van der Waals surface area (Å²) in [5.41, 5.74) is 2.53. The zero-order chi connectivity index (χ0) is 22.1. The summed E-state index contributed by atoms with van der Waals surface area (Å²) in [6.45, 7) is 0.101. The average molecular weight is 445 g/mol. The molecule has 0 fully saturated rings. The van der Waals surface area contributed by atoms with Crippen molar-refractivity contribution in [1.29, 1.82) is 0 Å². The third-order valence-corrected chi connectivity index (χ3v) is 6.15. The van der Waals surface area contributed by atoms with Crippen molar-refractivity contribution in [2.75, 3.05) is 18.5 Å². The molecule has 5 rings (SSSR count). The normalized spacial score (nSPS) is 15.0. The molecule has 0 saturated heterocycles. The first-order chi connectivity index (χ1) is 15.7. The lowest BCUT2D eigenvalue weighted by Gasteiger charge is -2.34. The van der Waals surface area contributed by atoms with Gasteiger partial charge in [-0.05, 0) is 41.8 Å². The van der Waals surface area contributed by atoms with E-state index in [2.05, 4.69) is 5.32 Å². The van der Waals surface area contributed by atoms with Crippen molar-refractivity contribution in [3.8, 4) is 22.0 Å². The molecular formula is C24H20N4O3S.